The molecule has 1 aromatic heterocycles. The molecule has 0 spiro atoms. The number of fused-ring (bicyclic) bond motifs is 1. The van der Waals surface area contributed by atoms with Gasteiger partial charge < -0.3 is 9.64 Å². The number of carbonyl (C=O) groups excluding carboxylic acids is 1. The van der Waals surface area contributed by atoms with Crippen molar-refractivity contribution in [1.29, 1.82) is 0 Å². The van der Waals surface area contributed by atoms with Crippen LogP contribution in [-0.4, -0.2) is 63.8 Å². The van der Waals surface area contributed by atoms with Crippen LogP contribution in [0.4, 0.5) is 9.52 Å². The summed E-state index contributed by atoms with van der Waals surface area (Å²) in [5.41, 5.74) is 0.753. The summed E-state index contributed by atoms with van der Waals surface area (Å²) >= 11 is 1.37. The fourth-order valence-corrected chi connectivity index (χ4v) is 5.52. The Morgan fingerprint density at radius 2 is 1.85 bits per heavy atom. The van der Waals surface area contributed by atoms with Gasteiger partial charge in [-0.2, -0.15) is 0 Å². The van der Waals surface area contributed by atoms with E-state index in [1.165, 1.54) is 23.5 Å². The number of thiazole rings is 1. The predicted octanol–water partition coefficient (Wildman–Crippen LogP) is 3.98. The zero-order valence-corrected chi connectivity index (χ0v) is 20.6. The molecule has 0 N–H and O–H groups in total. The van der Waals surface area contributed by atoms with E-state index in [9.17, 15) is 17.6 Å². The number of benzene rings is 2. The average Bonchev–Trinajstić information content (AvgIpc) is 3.18. The molecule has 0 aliphatic carbocycles. The molecule has 10 heteroatoms. The van der Waals surface area contributed by atoms with E-state index < -0.39 is 15.7 Å². The van der Waals surface area contributed by atoms with Gasteiger partial charge in [0.2, 0.25) is 5.91 Å². The highest BCUT2D eigenvalue weighted by molar-refractivity contribution is 7.91. The SMILES string of the molecule is CCOc1ccc2nc(N(CCCN(C)C)C(=O)CCS(=O)(=O)c3ccc(F)cc3)sc2c1. The largest absolute Gasteiger partial charge is 0.494 e. The Balaban J connectivity index is 1.80. The van der Waals surface area contributed by atoms with Crippen LogP contribution in [0.3, 0.4) is 0 Å². The number of sulfone groups is 1. The second kappa shape index (κ2) is 11.0. The standard InChI is InChI=1S/C23H28FN3O4S2/c1-4-31-18-8-11-20-21(16-18)32-23(25-20)27(14-5-13-26(2)3)22(28)12-15-33(29,30)19-9-6-17(24)7-10-19/h6-11,16H,4-5,12-15H2,1-3H3. The van der Waals surface area contributed by atoms with Gasteiger partial charge in [0, 0.05) is 13.0 Å². The molecular weight excluding hydrogens is 465 g/mol. The van der Waals surface area contributed by atoms with Crippen LogP contribution in [0.2, 0.25) is 0 Å². The highest BCUT2D eigenvalue weighted by Gasteiger charge is 2.23. The summed E-state index contributed by atoms with van der Waals surface area (Å²) in [6, 6.07) is 10.2. The van der Waals surface area contributed by atoms with E-state index in [2.05, 4.69) is 4.98 Å². The highest BCUT2D eigenvalue weighted by atomic mass is 32.2. The number of hydrogen-bond donors (Lipinski definition) is 0. The van der Waals surface area contributed by atoms with Crippen molar-refractivity contribution < 1.29 is 22.3 Å². The average molecular weight is 494 g/mol. The van der Waals surface area contributed by atoms with Gasteiger partial charge in [-0.25, -0.2) is 17.8 Å². The molecule has 1 heterocycles. The number of aromatic nitrogens is 1. The molecule has 0 fully saturated rings. The quantitative estimate of drug-likeness (QED) is 0.376. The number of nitrogens with zero attached hydrogens (tertiary/aromatic N) is 3. The van der Waals surface area contributed by atoms with Crippen molar-refractivity contribution in [2.24, 2.45) is 0 Å². The first kappa shape index (κ1) is 25.1. The van der Waals surface area contributed by atoms with E-state index in [1.54, 1.807) is 4.90 Å². The maximum atomic E-state index is 13.1. The number of amides is 1. The fraction of sp³-hybridized carbons (Fsp3) is 0.391. The minimum Gasteiger partial charge on any atom is -0.494 e. The fourth-order valence-electron chi connectivity index (χ4n) is 3.25. The molecule has 0 bridgehead atoms. The maximum absolute atomic E-state index is 13.1. The van der Waals surface area contributed by atoms with Crippen LogP contribution >= 0.6 is 11.3 Å². The number of ether oxygens (including phenoxy) is 1. The summed E-state index contributed by atoms with van der Waals surface area (Å²) in [6.45, 7) is 3.66. The predicted molar refractivity (Wildman–Crippen MR) is 129 cm³/mol. The van der Waals surface area contributed by atoms with Crippen molar-refractivity contribution in [3.05, 3.63) is 48.3 Å². The molecule has 1 amide bonds. The van der Waals surface area contributed by atoms with Crippen molar-refractivity contribution in [1.82, 2.24) is 9.88 Å². The van der Waals surface area contributed by atoms with Gasteiger partial charge in [0.05, 0.1) is 27.5 Å². The molecule has 3 rings (SSSR count). The van der Waals surface area contributed by atoms with Crippen LogP contribution < -0.4 is 9.64 Å². The highest BCUT2D eigenvalue weighted by Crippen LogP contribution is 2.32. The Bertz CT molecular complexity index is 1190. The van der Waals surface area contributed by atoms with E-state index in [1.807, 2.05) is 44.1 Å². The molecule has 3 aromatic rings. The molecule has 7 nitrogen and oxygen atoms in total. The number of carbonyl (C=O) groups is 1. The van der Waals surface area contributed by atoms with E-state index in [4.69, 9.17) is 4.74 Å². The lowest BCUT2D eigenvalue weighted by Crippen LogP contribution is -2.34. The van der Waals surface area contributed by atoms with Crippen LogP contribution in [0.25, 0.3) is 10.2 Å². The molecule has 0 saturated carbocycles. The molecule has 0 atom stereocenters. The number of rotatable bonds is 11. The Hall–Kier alpha value is -2.56. The summed E-state index contributed by atoms with van der Waals surface area (Å²) < 4.78 is 44.8. The van der Waals surface area contributed by atoms with Crippen molar-refractivity contribution in [2.45, 2.75) is 24.7 Å². The van der Waals surface area contributed by atoms with Crippen molar-refractivity contribution in [3.63, 3.8) is 0 Å². The third-order valence-electron chi connectivity index (χ3n) is 4.94. The van der Waals surface area contributed by atoms with Gasteiger partial charge >= 0.3 is 0 Å². The third kappa shape index (κ3) is 6.72. The van der Waals surface area contributed by atoms with Crippen LogP contribution in [0.15, 0.2) is 47.4 Å². The van der Waals surface area contributed by atoms with Crippen LogP contribution in [0.1, 0.15) is 19.8 Å². The van der Waals surface area contributed by atoms with Gasteiger partial charge in [0.15, 0.2) is 15.0 Å². The summed E-state index contributed by atoms with van der Waals surface area (Å²) in [5, 5.41) is 0.529. The summed E-state index contributed by atoms with van der Waals surface area (Å²) in [4.78, 5) is 21.3. The van der Waals surface area contributed by atoms with Gasteiger partial charge in [-0.15, -0.1) is 0 Å². The van der Waals surface area contributed by atoms with Gasteiger partial charge in [0.25, 0.3) is 0 Å². The summed E-state index contributed by atoms with van der Waals surface area (Å²) in [7, 11) is 0.191. The summed E-state index contributed by atoms with van der Waals surface area (Å²) in [6.07, 6.45) is 0.519. The minimum atomic E-state index is -3.71. The second-order valence-electron chi connectivity index (χ2n) is 7.78. The van der Waals surface area contributed by atoms with Crippen molar-refractivity contribution in [2.75, 3.05) is 44.4 Å². The maximum Gasteiger partial charge on any atom is 0.229 e. The number of halogens is 1. The van der Waals surface area contributed by atoms with Crippen LogP contribution in [-0.2, 0) is 14.6 Å². The van der Waals surface area contributed by atoms with E-state index in [-0.39, 0.29) is 23.0 Å². The molecule has 178 valence electrons. The lowest BCUT2D eigenvalue weighted by Gasteiger charge is -2.21. The molecule has 0 unspecified atom stereocenters. The van der Waals surface area contributed by atoms with Gasteiger partial charge in [0.1, 0.15) is 11.6 Å². The molecule has 2 aromatic carbocycles. The number of hydrogen-bond acceptors (Lipinski definition) is 7. The van der Waals surface area contributed by atoms with Crippen molar-refractivity contribution in [3.8, 4) is 5.75 Å². The molecule has 33 heavy (non-hydrogen) atoms. The Labute approximate surface area is 197 Å². The van der Waals surface area contributed by atoms with Crippen molar-refractivity contribution >= 4 is 42.4 Å². The molecule has 0 aliphatic heterocycles. The first-order valence-corrected chi connectivity index (χ1v) is 13.1. The van der Waals surface area contributed by atoms with Gasteiger partial charge in [-0.05, 0) is 76.4 Å². The first-order chi connectivity index (χ1) is 15.7. The smallest absolute Gasteiger partial charge is 0.229 e. The topological polar surface area (TPSA) is 79.8 Å². The lowest BCUT2D eigenvalue weighted by molar-refractivity contribution is -0.118. The van der Waals surface area contributed by atoms with Gasteiger partial charge in [-0.3, -0.25) is 9.69 Å². The van der Waals surface area contributed by atoms with E-state index in [0.29, 0.717) is 24.7 Å². The third-order valence-corrected chi connectivity index (χ3v) is 7.71. The normalized spacial score (nSPS) is 11.8. The monoisotopic (exact) mass is 493 g/mol. The lowest BCUT2D eigenvalue weighted by atomic mass is 10.3. The minimum absolute atomic E-state index is 0.000650. The first-order valence-electron chi connectivity index (χ1n) is 10.7. The molecule has 0 saturated heterocycles. The van der Waals surface area contributed by atoms with Crippen LogP contribution in [0.5, 0.6) is 5.75 Å². The zero-order chi connectivity index (χ0) is 24.0. The Morgan fingerprint density at radius 1 is 1.12 bits per heavy atom. The molecular formula is C23H28FN3O4S2. The number of anilines is 1. The molecule has 0 radical (unpaired) electrons. The second-order valence-corrected chi connectivity index (χ2v) is 10.9. The van der Waals surface area contributed by atoms with Gasteiger partial charge in [-0.1, -0.05) is 11.3 Å². The zero-order valence-electron chi connectivity index (χ0n) is 19.0. The van der Waals surface area contributed by atoms with E-state index in [0.717, 1.165) is 34.6 Å². The Kier molecular flexibility index (Phi) is 8.39. The Morgan fingerprint density at radius 3 is 2.52 bits per heavy atom. The van der Waals surface area contributed by atoms with E-state index >= 15 is 0 Å². The van der Waals surface area contributed by atoms with Crippen LogP contribution in [0, 0.1) is 5.82 Å². The molecule has 0 aliphatic rings. The summed E-state index contributed by atoms with van der Waals surface area (Å²) in [5.74, 6) is -0.457.